The first-order valence-corrected chi connectivity index (χ1v) is 28.3. The Morgan fingerprint density at radius 1 is 0.723 bits per heavy atom. The van der Waals surface area contributed by atoms with Crippen LogP contribution >= 0.6 is 0 Å². The van der Waals surface area contributed by atoms with Gasteiger partial charge in [0.25, 0.3) is 0 Å². The molecule has 0 saturated carbocycles. The van der Waals surface area contributed by atoms with Crippen LogP contribution in [-0.4, -0.2) is 214 Å². The van der Waals surface area contributed by atoms with Crippen LogP contribution in [0.1, 0.15) is 136 Å². The Kier molecular flexibility index (Phi) is 27.4. The maximum absolute atomic E-state index is 14.6. The van der Waals surface area contributed by atoms with E-state index in [0.717, 1.165) is 74.6 Å². The van der Waals surface area contributed by atoms with Crippen LogP contribution in [0.15, 0.2) is 24.3 Å². The summed E-state index contributed by atoms with van der Waals surface area (Å²) in [6, 6.07) is -7.81. The molecule has 3 fully saturated rings. The van der Waals surface area contributed by atoms with Crippen molar-refractivity contribution in [1.82, 2.24) is 41.7 Å². The van der Waals surface area contributed by atoms with Crippen LogP contribution in [0.4, 0.5) is 4.79 Å². The number of carbonyl (C=O) groups is 10. The summed E-state index contributed by atoms with van der Waals surface area (Å²) in [5.74, 6) is -10.0. The van der Waals surface area contributed by atoms with Gasteiger partial charge >= 0.3 is 12.1 Å². The van der Waals surface area contributed by atoms with Gasteiger partial charge in [0.05, 0.1) is 37.3 Å². The molecule has 0 aromatic heterocycles. The standard InChI is InChI=1S/C54H85N9O20/c1-5-27(2)22-28(3)12-10-8-6-7-9-11-13-39(70)57-33-24-37(68)49(77)61-51(79)44-35(66)19-21-62(44)53(81)42(36(67)25-38(55)69)59-50(78)43(46(74)45(73)30-14-16-32(17-15-30)83-54(82)56-20-18-40(71)72)60-48(76)34-23-31(65)26-63(34)52(80)41(29(4)64)58-47(33)75/h14-17,27-29,31,33-37,41-46,49,64-68,73-74,77H,5-13,18-26H2,1-4H3,(H2,55,69)(H,56,82)(H,57,70)(H,58,75)(H,59,78)(H,60,76)(H,61,79)(H,71,72)/t27?,28?,29-,31-,33+,34+,35+,36-,37-,41+,42+,43+,44+,45+,46+,49-/m1/s1. The number of aliphatic hydroxyl groups is 8. The number of nitrogens with one attached hydrogen (secondary N) is 6. The number of fused-ring (bicyclic) bond motifs is 2. The monoisotopic (exact) mass is 1180 g/mol. The molecule has 0 spiro atoms. The van der Waals surface area contributed by atoms with Gasteiger partial charge in [0.2, 0.25) is 47.3 Å². The highest BCUT2D eigenvalue weighted by Gasteiger charge is 2.49. The lowest BCUT2D eigenvalue weighted by Gasteiger charge is -2.34. The zero-order valence-electron chi connectivity index (χ0n) is 47.3. The number of carbonyl (C=O) groups excluding carboxylic acids is 9. The summed E-state index contributed by atoms with van der Waals surface area (Å²) in [5, 5.41) is 112. The van der Waals surface area contributed by atoms with E-state index in [1.54, 1.807) is 0 Å². The van der Waals surface area contributed by atoms with E-state index >= 15 is 0 Å². The Morgan fingerprint density at radius 2 is 1.34 bits per heavy atom. The Bertz CT molecular complexity index is 2380. The molecule has 3 aliphatic rings. The van der Waals surface area contributed by atoms with Crippen LogP contribution in [0.25, 0.3) is 0 Å². The topological polar surface area (TPSA) is 467 Å². The summed E-state index contributed by atoms with van der Waals surface area (Å²) in [6.45, 7) is 6.35. The molecule has 3 heterocycles. The molecular formula is C54H85N9O20. The molecule has 4 rings (SSSR count). The lowest BCUT2D eigenvalue weighted by atomic mass is 9.91. The SMILES string of the molecule is CCC(C)CC(C)CCCCCCCCC(=O)N[C@H]1C[C@@H](O)[C@@H](O)NC(=O)[C@@H]2[C@@H](O)CCN2C(=O)[C@H]([C@H](O)CC(N)=O)NC(=O)[C@H]([C@H](O)[C@@H](O)c2ccc(OC(=O)NCCC(=O)O)cc2)NC(=O)[C@@H]2C[C@@H](O)CN2C(=O)[C@H]([C@@H](C)O)NC1=O. The largest absolute Gasteiger partial charge is 0.481 e. The first-order chi connectivity index (χ1) is 39.1. The number of rotatable bonds is 24. The normalized spacial score (nSPS) is 27.2. The van der Waals surface area contributed by atoms with Gasteiger partial charge in [0.15, 0.2) is 6.23 Å². The number of aliphatic hydroxyl groups excluding tert-OH is 8. The van der Waals surface area contributed by atoms with E-state index in [1.165, 1.54) is 6.42 Å². The van der Waals surface area contributed by atoms with E-state index in [0.29, 0.717) is 29.6 Å². The van der Waals surface area contributed by atoms with Gasteiger partial charge in [-0.15, -0.1) is 0 Å². The minimum absolute atomic E-state index is 0.102. The van der Waals surface area contributed by atoms with E-state index in [9.17, 15) is 88.8 Å². The Labute approximate surface area is 480 Å². The molecule has 1 aromatic carbocycles. The third-order valence-corrected chi connectivity index (χ3v) is 15.1. The highest BCUT2D eigenvalue weighted by molar-refractivity contribution is 5.98. The first-order valence-electron chi connectivity index (χ1n) is 28.3. The second kappa shape index (κ2) is 33.0. The van der Waals surface area contributed by atoms with E-state index in [1.807, 2.05) is 5.32 Å². The van der Waals surface area contributed by atoms with Gasteiger partial charge < -0.3 is 98.1 Å². The Morgan fingerprint density at radius 3 is 1.96 bits per heavy atom. The van der Waals surface area contributed by atoms with Gasteiger partial charge in [-0.25, -0.2) is 4.79 Å². The maximum atomic E-state index is 14.6. The summed E-state index contributed by atoms with van der Waals surface area (Å²) < 4.78 is 5.09. The summed E-state index contributed by atoms with van der Waals surface area (Å²) in [6.07, 6.45) is -12.4. The number of benzene rings is 1. The predicted molar refractivity (Wildman–Crippen MR) is 290 cm³/mol. The molecule has 9 amide bonds. The lowest BCUT2D eigenvalue weighted by molar-refractivity contribution is -0.149. The Balaban J connectivity index is 1.70. The van der Waals surface area contributed by atoms with Crippen molar-refractivity contribution in [3.05, 3.63) is 29.8 Å². The summed E-state index contributed by atoms with van der Waals surface area (Å²) >= 11 is 0. The van der Waals surface area contributed by atoms with Gasteiger partial charge in [0.1, 0.15) is 60.3 Å². The average Bonchev–Trinajstić information content (AvgIpc) is 4.05. The minimum Gasteiger partial charge on any atom is -0.481 e. The molecule has 1 aromatic rings. The Hall–Kier alpha value is -6.60. The number of carboxylic acids is 1. The van der Waals surface area contributed by atoms with Crippen LogP contribution in [-0.2, 0) is 43.2 Å². The predicted octanol–water partition coefficient (Wildman–Crippen LogP) is -3.48. The highest BCUT2D eigenvalue weighted by atomic mass is 16.6. The van der Waals surface area contributed by atoms with Crippen molar-refractivity contribution in [2.24, 2.45) is 17.6 Å². The lowest BCUT2D eigenvalue weighted by Crippen LogP contribution is -2.64. The second-order valence-corrected chi connectivity index (χ2v) is 22.0. The van der Waals surface area contributed by atoms with Gasteiger partial charge in [0, 0.05) is 38.9 Å². The first kappa shape index (κ1) is 68.9. The number of primary amides is 1. The molecule has 0 radical (unpaired) electrons. The van der Waals surface area contributed by atoms with Crippen molar-refractivity contribution < 1.29 is 98.6 Å². The fourth-order valence-corrected chi connectivity index (χ4v) is 10.3. The number of hydrogen-bond acceptors (Lipinski definition) is 19. The van der Waals surface area contributed by atoms with E-state index in [-0.39, 0.29) is 30.7 Å². The van der Waals surface area contributed by atoms with Gasteiger partial charge in [-0.1, -0.05) is 77.8 Å². The van der Waals surface area contributed by atoms with E-state index in [4.69, 9.17) is 15.6 Å². The average molecular weight is 1180 g/mol. The molecule has 3 saturated heterocycles. The number of nitrogens with zero attached hydrogens (tertiary/aromatic N) is 2. The number of nitrogens with two attached hydrogens (primary N) is 1. The van der Waals surface area contributed by atoms with Crippen LogP contribution in [0.3, 0.4) is 0 Å². The highest BCUT2D eigenvalue weighted by Crippen LogP contribution is 2.27. The molecular weight excluding hydrogens is 1090 g/mol. The van der Waals surface area contributed by atoms with Gasteiger partial charge in [-0.05, 0) is 55.7 Å². The van der Waals surface area contributed by atoms with Crippen molar-refractivity contribution >= 4 is 59.3 Å². The molecule has 2 unspecified atom stereocenters. The number of ether oxygens (including phenoxy) is 1. The molecule has 29 nitrogen and oxygen atoms in total. The zero-order chi connectivity index (χ0) is 61.8. The van der Waals surface area contributed by atoms with E-state index in [2.05, 4.69) is 47.4 Å². The van der Waals surface area contributed by atoms with Crippen molar-refractivity contribution in [1.29, 1.82) is 0 Å². The van der Waals surface area contributed by atoms with Gasteiger partial charge in [-0.3, -0.25) is 43.2 Å². The summed E-state index contributed by atoms with van der Waals surface area (Å²) in [5.41, 5.74) is 5.13. The maximum Gasteiger partial charge on any atom is 0.412 e. The molecule has 0 bridgehead atoms. The fourth-order valence-electron chi connectivity index (χ4n) is 10.3. The molecule has 0 aliphatic carbocycles. The number of hydrogen-bond donors (Lipinski definition) is 16. The number of carboxylic acid groups (broad SMARTS) is 1. The fraction of sp³-hybridized carbons (Fsp3) is 0.704. The molecule has 17 N–H and O–H groups in total. The second-order valence-electron chi connectivity index (χ2n) is 22.0. The third-order valence-electron chi connectivity index (χ3n) is 15.1. The van der Waals surface area contributed by atoms with Crippen LogP contribution < -0.4 is 42.4 Å². The van der Waals surface area contributed by atoms with Crippen LogP contribution in [0.2, 0.25) is 0 Å². The molecule has 466 valence electrons. The number of aliphatic carboxylic acids is 1. The number of unbranched alkanes of at least 4 members (excludes halogenated alkanes) is 5. The van der Waals surface area contributed by atoms with Crippen molar-refractivity contribution in [3.8, 4) is 5.75 Å². The summed E-state index contributed by atoms with van der Waals surface area (Å²) in [7, 11) is 0. The molecule has 29 heteroatoms. The van der Waals surface area contributed by atoms with Crippen molar-refractivity contribution in [3.63, 3.8) is 0 Å². The minimum atomic E-state index is -2.47. The van der Waals surface area contributed by atoms with Crippen LogP contribution in [0.5, 0.6) is 5.75 Å². The molecule has 16 atom stereocenters. The summed E-state index contributed by atoms with van der Waals surface area (Å²) in [4.78, 5) is 136. The molecule has 83 heavy (non-hydrogen) atoms. The zero-order valence-corrected chi connectivity index (χ0v) is 47.3. The van der Waals surface area contributed by atoms with Crippen LogP contribution in [0, 0.1) is 11.8 Å². The smallest absolute Gasteiger partial charge is 0.412 e. The van der Waals surface area contributed by atoms with Crippen molar-refractivity contribution in [2.75, 3.05) is 19.6 Å². The molecule has 3 aliphatic heterocycles. The van der Waals surface area contributed by atoms with Gasteiger partial charge in [-0.2, -0.15) is 0 Å². The quantitative estimate of drug-likeness (QED) is 0.0447. The van der Waals surface area contributed by atoms with Crippen molar-refractivity contribution in [2.45, 2.75) is 209 Å². The van der Waals surface area contributed by atoms with E-state index < -0.39 is 183 Å². The third kappa shape index (κ3) is 20.9. The number of amides is 9.